The normalized spacial score (nSPS) is 11.0. The number of nitrogens with one attached hydrogen (secondary N) is 2. The van der Waals surface area contributed by atoms with Gasteiger partial charge in [0.15, 0.2) is 6.61 Å². The van der Waals surface area contributed by atoms with E-state index in [1.807, 2.05) is 48.5 Å². The maximum atomic E-state index is 12.4. The standard InChI is InChI=1S/C26H27BrN2O3/c1-26(2,3)22-15-20(27)11-14-23(22)32-17-24(30)29-21-12-9-19(10-13-21)25(31)28-16-18-7-5-4-6-8-18/h4-15H,16-17H2,1-3H3,(H,28,31)(H,29,30). The van der Waals surface area contributed by atoms with Crippen LogP contribution in [0.3, 0.4) is 0 Å². The minimum Gasteiger partial charge on any atom is -0.483 e. The summed E-state index contributed by atoms with van der Waals surface area (Å²) in [6.07, 6.45) is 0. The molecule has 3 aromatic rings. The van der Waals surface area contributed by atoms with Crippen molar-refractivity contribution in [1.82, 2.24) is 5.32 Å². The van der Waals surface area contributed by atoms with Gasteiger partial charge in [0.2, 0.25) is 0 Å². The van der Waals surface area contributed by atoms with Crippen molar-refractivity contribution in [2.24, 2.45) is 0 Å². The van der Waals surface area contributed by atoms with E-state index in [0.29, 0.717) is 23.5 Å². The van der Waals surface area contributed by atoms with Crippen molar-refractivity contribution in [3.63, 3.8) is 0 Å². The third-order valence-electron chi connectivity index (χ3n) is 4.84. The van der Waals surface area contributed by atoms with Crippen LogP contribution in [-0.4, -0.2) is 18.4 Å². The van der Waals surface area contributed by atoms with Gasteiger partial charge in [-0.1, -0.05) is 67.0 Å². The van der Waals surface area contributed by atoms with Crippen molar-refractivity contribution < 1.29 is 14.3 Å². The summed E-state index contributed by atoms with van der Waals surface area (Å²) in [5.41, 5.74) is 3.06. The number of hydrogen-bond acceptors (Lipinski definition) is 3. The molecular formula is C26H27BrN2O3. The molecule has 0 radical (unpaired) electrons. The fourth-order valence-electron chi connectivity index (χ4n) is 3.14. The minimum atomic E-state index is -0.269. The molecule has 0 unspecified atom stereocenters. The number of carbonyl (C=O) groups is 2. The Morgan fingerprint density at radius 3 is 2.28 bits per heavy atom. The van der Waals surface area contributed by atoms with E-state index in [2.05, 4.69) is 47.3 Å². The van der Waals surface area contributed by atoms with Gasteiger partial charge in [-0.3, -0.25) is 9.59 Å². The van der Waals surface area contributed by atoms with E-state index in [1.54, 1.807) is 24.3 Å². The number of hydrogen-bond donors (Lipinski definition) is 2. The van der Waals surface area contributed by atoms with Crippen molar-refractivity contribution in [2.45, 2.75) is 32.7 Å². The highest BCUT2D eigenvalue weighted by molar-refractivity contribution is 9.10. The summed E-state index contributed by atoms with van der Waals surface area (Å²) in [4.78, 5) is 24.7. The van der Waals surface area contributed by atoms with E-state index in [0.717, 1.165) is 15.6 Å². The molecule has 3 rings (SSSR count). The average Bonchev–Trinajstić information content (AvgIpc) is 2.77. The number of benzene rings is 3. The first kappa shape index (κ1) is 23.5. The lowest BCUT2D eigenvalue weighted by Crippen LogP contribution is -2.23. The van der Waals surface area contributed by atoms with Gasteiger partial charge in [0, 0.05) is 27.8 Å². The van der Waals surface area contributed by atoms with Gasteiger partial charge >= 0.3 is 0 Å². The van der Waals surface area contributed by atoms with E-state index in [4.69, 9.17) is 4.74 Å². The molecule has 2 amide bonds. The third-order valence-corrected chi connectivity index (χ3v) is 5.33. The molecule has 2 N–H and O–H groups in total. The smallest absolute Gasteiger partial charge is 0.262 e. The average molecular weight is 495 g/mol. The van der Waals surface area contributed by atoms with E-state index in [1.165, 1.54) is 0 Å². The molecule has 0 aliphatic carbocycles. The first-order chi connectivity index (χ1) is 15.2. The number of amides is 2. The molecule has 0 spiro atoms. The molecule has 0 heterocycles. The van der Waals surface area contributed by atoms with Gasteiger partial charge in [-0.15, -0.1) is 0 Å². The molecule has 0 bridgehead atoms. The number of anilines is 1. The van der Waals surface area contributed by atoms with Gasteiger partial charge in [-0.05, 0) is 53.4 Å². The van der Waals surface area contributed by atoms with Gasteiger partial charge < -0.3 is 15.4 Å². The molecule has 5 nitrogen and oxygen atoms in total. The monoisotopic (exact) mass is 494 g/mol. The van der Waals surface area contributed by atoms with E-state index < -0.39 is 0 Å². The van der Waals surface area contributed by atoms with Gasteiger partial charge in [-0.2, -0.15) is 0 Å². The van der Waals surface area contributed by atoms with E-state index in [9.17, 15) is 9.59 Å². The Hall–Kier alpha value is -3.12. The molecule has 0 saturated heterocycles. The summed E-state index contributed by atoms with van der Waals surface area (Å²) >= 11 is 3.49. The van der Waals surface area contributed by atoms with Crippen LogP contribution in [0.2, 0.25) is 0 Å². The van der Waals surface area contributed by atoms with Crippen LogP contribution >= 0.6 is 15.9 Å². The van der Waals surface area contributed by atoms with Gasteiger partial charge in [0.25, 0.3) is 11.8 Å². The summed E-state index contributed by atoms with van der Waals surface area (Å²) in [5, 5.41) is 5.69. The lowest BCUT2D eigenvalue weighted by Gasteiger charge is -2.23. The quantitative estimate of drug-likeness (QED) is 0.442. The minimum absolute atomic E-state index is 0.107. The molecule has 6 heteroatoms. The number of ether oxygens (including phenoxy) is 1. The molecule has 0 saturated carbocycles. The Balaban J connectivity index is 1.53. The number of halogens is 1. The van der Waals surface area contributed by atoms with Crippen LogP contribution in [0.25, 0.3) is 0 Å². The fraction of sp³-hybridized carbons (Fsp3) is 0.231. The van der Waals surface area contributed by atoms with Crippen molar-refractivity contribution in [2.75, 3.05) is 11.9 Å². The Bertz CT molecular complexity index is 1070. The topological polar surface area (TPSA) is 67.4 Å². The molecule has 0 aliphatic heterocycles. The zero-order valence-electron chi connectivity index (χ0n) is 18.4. The Morgan fingerprint density at radius 2 is 1.62 bits per heavy atom. The molecule has 0 atom stereocenters. The van der Waals surface area contributed by atoms with Crippen LogP contribution in [-0.2, 0) is 16.8 Å². The van der Waals surface area contributed by atoms with Gasteiger partial charge in [0.05, 0.1) is 0 Å². The predicted molar refractivity (Wildman–Crippen MR) is 131 cm³/mol. The lowest BCUT2D eigenvalue weighted by atomic mass is 9.86. The summed E-state index contributed by atoms with van der Waals surface area (Å²) < 4.78 is 6.76. The van der Waals surface area contributed by atoms with Crippen LogP contribution in [0.15, 0.2) is 77.3 Å². The summed E-state index contributed by atoms with van der Waals surface area (Å²) in [5.74, 6) is 0.246. The lowest BCUT2D eigenvalue weighted by molar-refractivity contribution is -0.118. The van der Waals surface area contributed by atoms with E-state index >= 15 is 0 Å². The van der Waals surface area contributed by atoms with Gasteiger partial charge in [0.1, 0.15) is 5.75 Å². The predicted octanol–water partition coefficient (Wildman–Crippen LogP) is 5.69. The van der Waals surface area contributed by atoms with E-state index in [-0.39, 0.29) is 23.8 Å². The summed E-state index contributed by atoms with van der Waals surface area (Å²) in [6.45, 7) is 6.64. The highest BCUT2D eigenvalue weighted by Crippen LogP contribution is 2.33. The second kappa shape index (κ2) is 10.5. The highest BCUT2D eigenvalue weighted by atomic mass is 79.9. The maximum Gasteiger partial charge on any atom is 0.262 e. The largest absolute Gasteiger partial charge is 0.483 e. The number of carbonyl (C=O) groups excluding carboxylic acids is 2. The van der Waals surface area contributed by atoms with Crippen molar-refractivity contribution in [3.8, 4) is 5.75 Å². The van der Waals surface area contributed by atoms with Gasteiger partial charge in [-0.25, -0.2) is 0 Å². The second-order valence-electron chi connectivity index (χ2n) is 8.47. The molecule has 0 fully saturated rings. The molecular weight excluding hydrogens is 468 g/mol. The van der Waals surface area contributed by atoms with Crippen molar-refractivity contribution in [1.29, 1.82) is 0 Å². The van der Waals surface area contributed by atoms with Crippen molar-refractivity contribution >= 4 is 33.4 Å². The number of rotatable bonds is 7. The molecule has 3 aromatic carbocycles. The second-order valence-corrected chi connectivity index (χ2v) is 9.39. The zero-order chi connectivity index (χ0) is 23.1. The summed E-state index contributed by atoms with van der Waals surface area (Å²) in [6, 6.07) is 22.3. The van der Waals surface area contributed by atoms with Crippen LogP contribution in [0.5, 0.6) is 5.75 Å². The molecule has 0 aliphatic rings. The first-order valence-corrected chi connectivity index (χ1v) is 11.2. The van der Waals surface area contributed by atoms with Crippen LogP contribution in [0.1, 0.15) is 42.3 Å². The Labute approximate surface area is 197 Å². The van der Waals surface area contributed by atoms with Crippen LogP contribution in [0.4, 0.5) is 5.69 Å². The first-order valence-electron chi connectivity index (χ1n) is 10.4. The van der Waals surface area contributed by atoms with Crippen LogP contribution < -0.4 is 15.4 Å². The highest BCUT2D eigenvalue weighted by Gasteiger charge is 2.20. The molecule has 0 aromatic heterocycles. The SMILES string of the molecule is CC(C)(C)c1cc(Br)ccc1OCC(=O)Nc1ccc(C(=O)NCc2ccccc2)cc1. The molecule has 166 valence electrons. The Kier molecular flexibility index (Phi) is 7.70. The molecule has 32 heavy (non-hydrogen) atoms. The maximum absolute atomic E-state index is 12.4. The zero-order valence-corrected chi connectivity index (χ0v) is 20.0. The summed E-state index contributed by atoms with van der Waals surface area (Å²) in [7, 11) is 0. The van der Waals surface area contributed by atoms with Crippen LogP contribution in [0, 0.1) is 0 Å². The third kappa shape index (κ3) is 6.69. The Morgan fingerprint density at radius 1 is 0.938 bits per heavy atom. The fourth-order valence-corrected chi connectivity index (χ4v) is 3.50. The van der Waals surface area contributed by atoms with Crippen molar-refractivity contribution in [3.05, 3.63) is 94.0 Å².